The van der Waals surface area contributed by atoms with Gasteiger partial charge in [0, 0.05) is 47.8 Å². The molecule has 0 amide bonds. The van der Waals surface area contributed by atoms with Crippen LogP contribution in [0.15, 0.2) is 0 Å². The third-order valence-corrected chi connectivity index (χ3v) is 11.8. The Morgan fingerprint density at radius 2 is 1.11 bits per heavy atom. The predicted molar refractivity (Wildman–Crippen MR) is 140 cm³/mol. The summed E-state index contributed by atoms with van der Waals surface area (Å²) in [5.74, 6) is -0.518. The lowest BCUT2D eigenvalue weighted by Crippen LogP contribution is -2.63. The standard InChI is InChI=1S/C31H47F3N2O2/c32-31(33,34)20-14-12-19-17-22(15-13-18(19)16-20)36-26-11-5-9-24-28(26)30(38)23-8-4-10-25(27(23)29(24)37)35-21-6-2-1-3-7-21/h18-28,35-36H,1-17H2. The maximum atomic E-state index is 14.1. The molecule has 10 unspecified atom stereocenters. The first-order valence-electron chi connectivity index (χ1n) is 16.0. The first kappa shape index (κ1) is 27.2. The van der Waals surface area contributed by atoms with E-state index < -0.39 is 12.1 Å². The average Bonchev–Trinajstić information content (AvgIpc) is 2.91. The van der Waals surface area contributed by atoms with Crippen molar-refractivity contribution in [3.8, 4) is 0 Å². The highest BCUT2D eigenvalue weighted by molar-refractivity contribution is 6.00. The Labute approximate surface area is 226 Å². The van der Waals surface area contributed by atoms with Gasteiger partial charge in [-0.3, -0.25) is 9.59 Å². The first-order valence-corrected chi connectivity index (χ1v) is 16.0. The van der Waals surface area contributed by atoms with Gasteiger partial charge in [0.05, 0.1) is 5.92 Å². The van der Waals surface area contributed by atoms with Crippen LogP contribution in [-0.2, 0) is 9.59 Å². The molecule has 0 spiro atoms. The zero-order valence-corrected chi connectivity index (χ0v) is 22.8. The van der Waals surface area contributed by atoms with E-state index >= 15 is 0 Å². The van der Waals surface area contributed by atoms with Crippen molar-refractivity contribution in [2.75, 3.05) is 0 Å². The summed E-state index contributed by atoms with van der Waals surface area (Å²) in [5, 5.41) is 7.70. The third-order valence-electron chi connectivity index (χ3n) is 11.8. The molecule has 6 aliphatic carbocycles. The van der Waals surface area contributed by atoms with Gasteiger partial charge in [0.25, 0.3) is 0 Å². The zero-order chi connectivity index (χ0) is 26.4. The number of carbonyl (C=O) groups is 2. The van der Waals surface area contributed by atoms with Crippen LogP contribution in [-0.4, -0.2) is 41.9 Å². The fraction of sp³-hybridized carbons (Fsp3) is 0.935. The smallest absolute Gasteiger partial charge is 0.310 e. The van der Waals surface area contributed by atoms with Crippen molar-refractivity contribution in [1.82, 2.24) is 10.6 Å². The van der Waals surface area contributed by atoms with Crippen molar-refractivity contribution in [2.45, 2.75) is 139 Å². The first-order chi connectivity index (χ1) is 18.3. The fourth-order valence-electron chi connectivity index (χ4n) is 9.91. The van der Waals surface area contributed by atoms with Crippen molar-refractivity contribution in [1.29, 1.82) is 0 Å². The molecule has 10 atom stereocenters. The van der Waals surface area contributed by atoms with E-state index in [4.69, 9.17) is 0 Å². The lowest BCUT2D eigenvalue weighted by molar-refractivity contribution is -0.190. The topological polar surface area (TPSA) is 58.2 Å². The highest BCUT2D eigenvalue weighted by atomic mass is 19.4. The Bertz CT molecular complexity index is 872. The molecule has 6 aliphatic rings. The summed E-state index contributed by atoms with van der Waals surface area (Å²) in [4.78, 5) is 28.1. The summed E-state index contributed by atoms with van der Waals surface area (Å²) in [5.41, 5.74) is 0. The van der Waals surface area contributed by atoms with Crippen LogP contribution in [0.4, 0.5) is 13.2 Å². The molecule has 4 nitrogen and oxygen atoms in total. The Balaban J connectivity index is 1.11. The molecule has 2 N–H and O–H groups in total. The molecule has 0 heterocycles. The van der Waals surface area contributed by atoms with Gasteiger partial charge < -0.3 is 10.6 Å². The molecule has 6 saturated carbocycles. The number of ketones is 2. The van der Waals surface area contributed by atoms with E-state index in [0.29, 0.717) is 36.4 Å². The molecular weight excluding hydrogens is 489 g/mol. The molecule has 38 heavy (non-hydrogen) atoms. The summed E-state index contributed by atoms with van der Waals surface area (Å²) in [7, 11) is 0. The number of carbonyl (C=O) groups excluding carboxylic acids is 2. The molecule has 7 heteroatoms. The number of hydrogen-bond acceptors (Lipinski definition) is 4. The van der Waals surface area contributed by atoms with E-state index in [0.717, 1.165) is 57.8 Å². The SMILES string of the molecule is O=C1C2CCCC(NC3CCC4CC(C(F)(F)F)CCC4C3)C2C(=O)C2CCCC(NC3CCCCC3)C12. The molecule has 0 aromatic carbocycles. The van der Waals surface area contributed by atoms with Gasteiger partial charge in [-0.25, -0.2) is 0 Å². The lowest BCUT2D eigenvalue weighted by atomic mass is 9.56. The third kappa shape index (κ3) is 5.36. The summed E-state index contributed by atoms with van der Waals surface area (Å²) in [6, 6.07) is 0.959. The summed E-state index contributed by atoms with van der Waals surface area (Å²) >= 11 is 0. The lowest BCUT2D eigenvalue weighted by Gasteiger charge is -2.51. The van der Waals surface area contributed by atoms with Crippen molar-refractivity contribution in [3.63, 3.8) is 0 Å². The molecule has 214 valence electrons. The van der Waals surface area contributed by atoms with Gasteiger partial charge in [0.15, 0.2) is 0 Å². The molecular formula is C31H47F3N2O2. The molecule has 0 bridgehead atoms. The largest absolute Gasteiger partial charge is 0.391 e. The van der Waals surface area contributed by atoms with Crippen LogP contribution < -0.4 is 10.6 Å². The van der Waals surface area contributed by atoms with Crippen LogP contribution >= 0.6 is 0 Å². The van der Waals surface area contributed by atoms with E-state index in [1.54, 1.807) is 0 Å². The normalized spacial score (nSPS) is 44.7. The minimum absolute atomic E-state index is 0.0471. The van der Waals surface area contributed by atoms with E-state index in [2.05, 4.69) is 10.6 Å². The number of Topliss-reactive ketones (excluding diaryl/α,β-unsaturated/α-hetero) is 2. The van der Waals surface area contributed by atoms with Gasteiger partial charge in [-0.15, -0.1) is 0 Å². The highest BCUT2D eigenvalue weighted by Crippen LogP contribution is 2.49. The summed E-state index contributed by atoms with van der Waals surface area (Å²) in [6.45, 7) is 0. The van der Waals surface area contributed by atoms with E-state index in [9.17, 15) is 22.8 Å². The predicted octanol–water partition coefficient (Wildman–Crippen LogP) is 6.37. The monoisotopic (exact) mass is 536 g/mol. The number of rotatable bonds is 4. The average molecular weight is 537 g/mol. The van der Waals surface area contributed by atoms with Gasteiger partial charge in [-0.1, -0.05) is 32.1 Å². The maximum Gasteiger partial charge on any atom is 0.391 e. The Morgan fingerprint density at radius 1 is 0.553 bits per heavy atom. The molecule has 0 aromatic rings. The number of nitrogens with one attached hydrogen (secondary N) is 2. The van der Waals surface area contributed by atoms with E-state index in [1.165, 1.54) is 32.1 Å². The second-order valence-electron chi connectivity index (χ2n) is 13.9. The summed E-state index contributed by atoms with van der Waals surface area (Å²) < 4.78 is 39.9. The van der Waals surface area contributed by atoms with Crippen LogP contribution in [0.1, 0.15) is 109 Å². The van der Waals surface area contributed by atoms with Crippen molar-refractivity contribution in [2.24, 2.45) is 41.4 Å². The Morgan fingerprint density at radius 3 is 1.71 bits per heavy atom. The second-order valence-corrected chi connectivity index (χ2v) is 13.9. The van der Waals surface area contributed by atoms with Crippen molar-refractivity contribution >= 4 is 11.6 Å². The Hall–Kier alpha value is -0.950. The second kappa shape index (κ2) is 11.1. The number of hydrogen-bond donors (Lipinski definition) is 2. The van der Waals surface area contributed by atoms with Gasteiger partial charge >= 0.3 is 6.18 Å². The number of fused-ring (bicyclic) bond motifs is 3. The number of alkyl halides is 3. The molecule has 0 aliphatic heterocycles. The van der Waals surface area contributed by atoms with Crippen LogP contribution in [0.25, 0.3) is 0 Å². The van der Waals surface area contributed by atoms with Crippen LogP contribution in [0.3, 0.4) is 0 Å². The summed E-state index contributed by atoms with van der Waals surface area (Å²) in [6.07, 6.45) is 11.6. The van der Waals surface area contributed by atoms with Gasteiger partial charge in [0.1, 0.15) is 11.6 Å². The minimum Gasteiger partial charge on any atom is -0.310 e. The quantitative estimate of drug-likeness (QED) is 0.439. The van der Waals surface area contributed by atoms with Crippen molar-refractivity contribution in [3.05, 3.63) is 0 Å². The zero-order valence-electron chi connectivity index (χ0n) is 22.8. The molecule has 0 aromatic heterocycles. The molecule has 6 rings (SSSR count). The fourth-order valence-corrected chi connectivity index (χ4v) is 9.91. The highest BCUT2D eigenvalue weighted by Gasteiger charge is 2.56. The Kier molecular flexibility index (Phi) is 7.98. The van der Waals surface area contributed by atoms with Gasteiger partial charge in [0.2, 0.25) is 0 Å². The molecule has 6 fully saturated rings. The van der Waals surface area contributed by atoms with Crippen LogP contribution in [0, 0.1) is 41.4 Å². The maximum absolute atomic E-state index is 14.1. The van der Waals surface area contributed by atoms with E-state index in [-0.39, 0.29) is 54.1 Å². The van der Waals surface area contributed by atoms with Gasteiger partial charge in [-0.05, 0) is 88.9 Å². The molecule has 0 radical (unpaired) electrons. The van der Waals surface area contributed by atoms with Gasteiger partial charge in [-0.2, -0.15) is 13.2 Å². The molecule has 0 saturated heterocycles. The van der Waals surface area contributed by atoms with Crippen LogP contribution in [0.5, 0.6) is 0 Å². The van der Waals surface area contributed by atoms with Crippen LogP contribution in [0.2, 0.25) is 0 Å². The van der Waals surface area contributed by atoms with Crippen molar-refractivity contribution < 1.29 is 22.8 Å². The minimum atomic E-state index is -4.06. The number of halogens is 3. The van der Waals surface area contributed by atoms with E-state index in [1.807, 2.05) is 0 Å².